The van der Waals surface area contributed by atoms with E-state index in [-0.39, 0.29) is 11.9 Å². The van der Waals surface area contributed by atoms with E-state index >= 15 is 0 Å². The number of nitrogens with zero attached hydrogens (tertiary/aromatic N) is 2. The molecule has 3 aromatic carbocycles. The van der Waals surface area contributed by atoms with E-state index in [2.05, 4.69) is 5.32 Å². The van der Waals surface area contributed by atoms with Crippen LogP contribution >= 0.6 is 0 Å². The first-order chi connectivity index (χ1) is 15.3. The van der Waals surface area contributed by atoms with E-state index in [0.717, 1.165) is 33.8 Å². The van der Waals surface area contributed by atoms with Gasteiger partial charge in [0.25, 0.3) is 5.91 Å². The largest absolute Gasteiger partial charge is 0.497 e. The van der Waals surface area contributed by atoms with Crippen molar-refractivity contribution in [3.8, 4) is 5.75 Å². The molecule has 0 aliphatic carbocycles. The second-order valence-corrected chi connectivity index (χ2v) is 7.50. The Labute approximate surface area is 181 Å². The molecule has 0 spiro atoms. The highest BCUT2D eigenvalue weighted by Gasteiger charge is 2.44. The third-order valence-corrected chi connectivity index (χ3v) is 5.66. The van der Waals surface area contributed by atoms with Crippen molar-refractivity contribution in [1.82, 2.24) is 5.32 Å². The monoisotopic (exact) mass is 409 g/mol. The van der Waals surface area contributed by atoms with Crippen molar-refractivity contribution < 1.29 is 9.53 Å². The van der Waals surface area contributed by atoms with Gasteiger partial charge in [0.1, 0.15) is 11.4 Å². The Morgan fingerprint density at radius 3 is 2.45 bits per heavy atom. The first kappa shape index (κ1) is 19.1. The number of rotatable bonds is 4. The molecule has 1 amide bonds. The Morgan fingerprint density at radius 2 is 1.71 bits per heavy atom. The molecular formula is C26H23N3O2. The highest BCUT2D eigenvalue weighted by molar-refractivity contribution is 6.23. The fourth-order valence-electron chi connectivity index (χ4n) is 4.30. The maximum atomic E-state index is 13.7. The number of anilines is 1. The Hall–Kier alpha value is -3.86. The molecule has 31 heavy (non-hydrogen) atoms. The van der Waals surface area contributed by atoms with Crippen LogP contribution in [0.1, 0.15) is 17.2 Å². The van der Waals surface area contributed by atoms with Gasteiger partial charge in [0.15, 0.2) is 0 Å². The summed E-state index contributed by atoms with van der Waals surface area (Å²) in [6, 6.07) is 27.5. The molecule has 2 aliphatic rings. The van der Waals surface area contributed by atoms with E-state index in [1.165, 1.54) is 0 Å². The van der Waals surface area contributed by atoms with Gasteiger partial charge in [-0.2, -0.15) is 0 Å². The van der Waals surface area contributed by atoms with Crippen molar-refractivity contribution in [2.24, 2.45) is 4.99 Å². The Morgan fingerprint density at radius 1 is 0.968 bits per heavy atom. The molecule has 5 nitrogen and oxygen atoms in total. The smallest absolute Gasteiger partial charge is 0.275 e. The van der Waals surface area contributed by atoms with Gasteiger partial charge in [-0.25, -0.2) is 0 Å². The molecule has 0 saturated carbocycles. The topological polar surface area (TPSA) is 53.9 Å². The van der Waals surface area contributed by atoms with Crippen molar-refractivity contribution in [2.75, 3.05) is 25.1 Å². The molecule has 1 unspecified atom stereocenters. The molecule has 154 valence electrons. The zero-order valence-electron chi connectivity index (χ0n) is 17.3. The van der Waals surface area contributed by atoms with Crippen LogP contribution in [0.25, 0.3) is 0 Å². The minimum absolute atomic E-state index is 0.0421. The molecule has 5 heteroatoms. The van der Waals surface area contributed by atoms with Crippen LogP contribution in [-0.2, 0) is 4.79 Å². The first-order valence-electron chi connectivity index (χ1n) is 10.4. The molecule has 3 aromatic rings. The summed E-state index contributed by atoms with van der Waals surface area (Å²) in [4.78, 5) is 20.5. The molecule has 0 fully saturated rings. The summed E-state index contributed by atoms with van der Waals surface area (Å²) in [6.45, 7) is 1.23. The van der Waals surface area contributed by atoms with E-state index < -0.39 is 0 Å². The summed E-state index contributed by atoms with van der Waals surface area (Å²) < 4.78 is 5.49. The van der Waals surface area contributed by atoms with Crippen molar-refractivity contribution in [3.63, 3.8) is 0 Å². The second-order valence-electron chi connectivity index (χ2n) is 7.50. The fraction of sp³-hybridized carbons (Fsp3) is 0.154. The Balaban J connectivity index is 1.73. The highest BCUT2D eigenvalue weighted by atomic mass is 16.5. The van der Waals surface area contributed by atoms with Gasteiger partial charge in [-0.05, 0) is 29.8 Å². The summed E-state index contributed by atoms with van der Waals surface area (Å²) >= 11 is 0. The van der Waals surface area contributed by atoms with Crippen LogP contribution in [0.15, 0.2) is 101 Å². The van der Waals surface area contributed by atoms with E-state index in [9.17, 15) is 4.79 Å². The number of hydrogen-bond donors (Lipinski definition) is 1. The van der Waals surface area contributed by atoms with Gasteiger partial charge in [0.05, 0.1) is 25.4 Å². The van der Waals surface area contributed by atoms with Crippen molar-refractivity contribution in [3.05, 3.63) is 107 Å². The SMILES string of the molecule is COc1cccc(C2C3=C(NCCN=C3c3ccccc3)C(=O)N2c2ccccc2)c1. The third-order valence-electron chi connectivity index (χ3n) is 5.66. The number of amides is 1. The number of carbonyl (C=O) groups excluding carboxylic acids is 1. The zero-order valence-corrected chi connectivity index (χ0v) is 17.3. The summed E-state index contributed by atoms with van der Waals surface area (Å²) in [7, 11) is 1.66. The van der Waals surface area contributed by atoms with Crippen molar-refractivity contribution >= 4 is 17.3 Å². The predicted octanol–water partition coefficient (Wildman–Crippen LogP) is 4.13. The quantitative estimate of drug-likeness (QED) is 0.705. The van der Waals surface area contributed by atoms with Gasteiger partial charge in [-0.1, -0.05) is 60.7 Å². The molecule has 0 radical (unpaired) electrons. The summed E-state index contributed by atoms with van der Waals surface area (Å²) in [5.41, 5.74) is 5.23. The maximum Gasteiger partial charge on any atom is 0.275 e. The van der Waals surface area contributed by atoms with Crippen molar-refractivity contribution in [1.29, 1.82) is 0 Å². The van der Waals surface area contributed by atoms with E-state index in [1.54, 1.807) is 7.11 Å². The minimum Gasteiger partial charge on any atom is -0.497 e. The fourth-order valence-corrected chi connectivity index (χ4v) is 4.30. The van der Waals surface area contributed by atoms with Crippen LogP contribution in [0.5, 0.6) is 5.75 Å². The lowest BCUT2D eigenvalue weighted by Gasteiger charge is -2.28. The van der Waals surface area contributed by atoms with Crippen molar-refractivity contribution in [2.45, 2.75) is 6.04 Å². The molecule has 2 heterocycles. The minimum atomic E-state index is -0.315. The van der Waals surface area contributed by atoms with Gasteiger partial charge >= 0.3 is 0 Å². The second kappa shape index (κ2) is 8.11. The molecule has 1 atom stereocenters. The highest BCUT2D eigenvalue weighted by Crippen LogP contribution is 2.43. The molecule has 5 rings (SSSR count). The van der Waals surface area contributed by atoms with E-state index in [4.69, 9.17) is 9.73 Å². The molecule has 1 N–H and O–H groups in total. The van der Waals surface area contributed by atoms with E-state index in [0.29, 0.717) is 18.8 Å². The van der Waals surface area contributed by atoms with E-state index in [1.807, 2.05) is 89.8 Å². The number of hydrogen-bond acceptors (Lipinski definition) is 4. The molecular weight excluding hydrogens is 386 g/mol. The number of benzene rings is 3. The standard InChI is InChI=1S/C26H23N3O2/c1-31-21-14-8-11-19(17-21)25-22-23(18-9-4-2-5-10-18)27-15-16-28-24(22)26(30)29(25)20-12-6-3-7-13-20/h2-14,17,25,28H,15-16H2,1H3. The summed E-state index contributed by atoms with van der Waals surface area (Å²) in [5.74, 6) is 0.714. The molecule has 0 aromatic heterocycles. The van der Waals surface area contributed by atoms with Crippen LogP contribution in [-0.4, -0.2) is 31.8 Å². The average molecular weight is 409 g/mol. The maximum absolute atomic E-state index is 13.7. The lowest BCUT2D eigenvalue weighted by atomic mass is 9.91. The number of methoxy groups -OCH3 is 1. The molecule has 2 aliphatic heterocycles. The summed E-state index contributed by atoms with van der Waals surface area (Å²) in [5, 5.41) is 3.36. The third kappa shape index (κ3) is 3.38. The summed E-state index contributed by atoms with van der Waals surface area (Å²) in [6.07, 6.45) is 0. The molecule has 0 saturated heterocycles. The Bertz CT molecular complexity index is 1170. The lowest BCUT2D eigenvalue weighted by Crippen LogP contribution is -2.33. The van der Waals surface area contributed by atoms with Crippen LogP contribution in [0, 0.1) is 0 Å². The number of carbonyl (C=O) groups is 1. The van der Waals surface area contributed by atoms with Gasteiger partial charge in [-0.3, -0.25) is 14.7 Å². The number of ether oxygens (including phenoxy) is 1. The van der Waals surface area contributed by atoms with Gasteiger partial charge in [0, 0.05) is 23.4 Å². The van der Waals surface area contributed by atoms with Gasteiger partial charge in [-0.15, -0.1) is 0 Å². The average Bonchev–Trinajstić information content (AvgIpc) is 2.97. The first-order valence-corrected chi connectivity index (χ1v) is 10.4. The Kier molecular flexibility index (Phi) is 5.00. The van der Waals surface area contributed by atoms with Crippen LogP contribution in [0.2, 0.25) is 0 Å². The van der Waals surface area contributed by atoms with Crippen LogP contribution < -0.4 is 15.0 Å². The molecule has 0 bridgehead atoms. The normalized spacial score (nSPS) is 18.2. The van der Waals surface area contributed by atoms with Gasteiger partial charge < -0.3 is 10.1 Å². The van der Waals surface area contributed by atoms with Crippen LogP contribution in [0.3, 0.4) is 0 Å². The zero-order chi connectivity index (χ0) is 21.2. The van der Waals surface area contributed by atoms with Gasteiger partial charge in [0.2, 0.25) is 0 Å². The lowest BCUT2D eigenvalue weighted by molar-refractivity contribution is -0.115. The predicted molar refractivity (Wildman–Crippen MR) is 123 cm³/mol. The number of nitrogens with one attached hydrogen (secondary N) is 1. The number of aliphatic imine (C=N–C) groups is 1. The van der Waals surface area contributed by atoms with Crippen LogP contribution in [0.4, 0.5) is 5.69 Å². The number of para-hydroxylation sites is 1.